The fourth-order valence-corrected chi connectivity index (χ4v) is 3.81. The monoisotopic (exact) mass is 562 g/mol. The number of alkyl carbamates (subject to hydrolysis) is 1. The Bertz CT molecular complexity index is 1240. The quantitative estimate of drug-likeness (QED) is 0.230. The van der Waals surface area contributed by atoms with Gasteiger partial charge in [0, 0.05) is 6.54 Å². The van der Waals surface area contributed by atoms with Gasteiger partial charge in [0.05, 0.1) is 7.11 Å². The van der Waals surface area contributed by atoms with Crippen LogP contribution < -0.4 is 15.4 Å². The van der Waals surface area contributed by atoms with Crippen molar-refractivity contribution in [3.05, 3.63) is 102 Å². The van der Waals surface area contributed by atoms with E-state index in [0.717, 1.165) is 16.7 Å². The molecule has 3 aromatic carbocycles. The molecule has 0 aliphatic heterocycles. The van der Waals surface area contributed by atoms with Crippen LogP contribution in [-0.4, -0.2) is 49.4 Å². The molecule has 1 amide bonds. The predicted molar refractivity (Wildman–Crippen MR) is 154 cm³/mol. The molecule has 0 fully saturated rings. The smallest absolute Gasteiger partial charge is 0.408 e. The molecule has 9 heteroatoms. The zero-order valence-corrected chi connectivity index (χ0v) is 23.9. The Morgan fingerprint density at radius 1 is 0.732 bits per heavy atom. The number of carbonyl (C=O) groups excluding carboxylic acids is 3. The highest BCUT2D eigenvalue weighted by Crippen LogP contribution is 2.16. The summed E-state index contributed by atoms with van der Waals surface area (Å²) in [7, 11) is 1.22. The van der Waals surface area contributed by atoms with Crippen LogP contribution in [0.4, 0.5) is 4.79 Å². The molecule has 0 heterocycles. The molecule has 0 aromatic heterocycles. The van der Waals surface area contributed by atoms with E-state index in [0.29, 0.717) is 12.4 Å². The number of amides is 1. The third-order valence-electron chi connectivity index (χ3n) is 5.86. The average molecular weight is 563 g/mol. The maximum Gasteiger partial charge on any atom is 0.408 e. The molecule has 0 spiro atoms. The summed E-state index contributed by atoms with van der Waals surface area (Å²) in [6.45, 7) is 5.60. The lowest BCUT2D eigenvalue weighted by Gasteiger charge is -2.24. The van der Waals surface area contributed by atoms with Gasteiger partial charge in [-0.25, -0.2) is 9.59 Å². The SMILES string of the molecule is COC(=O)[C@H](CN[C@@H](Cc1ccc(OCc2ccccc2)cc1)C(=O)OCc1ccccc1)NC(=O)OC(C)(C)C. The third-order valence-corrected chi connectivity index (χ3v) is 5.86. The number of benzene rings is 3. The van der Waals surface area contributed by atoms with Gasteiger partial charge in [-0.05, 0) is 56.0 Å². The predicted octanol–water partition coefficient (Wildman–Crippen LogP) is 4.58. The van der Waals surface area contributed by atoms with Crippen molar-refractivity contribution in [3.63, 3.8) is 0 Å². The molecule has 0 saturated heterocycles. The molecule has 2 N–H and O–H groups in total. The van der Waals surface area contributed by atoms with E-state index in [9.17, 15) is 14.4 Å². The van der Waals surface area contributed by atoms with Gasteiger partial charge in [-0.15, -0.1) is 0 Å². The van der Waals surface area contributed by atoms with Crippen LogP contribution in [0.15, 0.2) is 84.9 Å². The van der Waals surface area contributed by atoms with Crippen molar-refractivity contribution >= 4 is 18.0 Å². The van der Waals surface area contributed by atoms with Gasteiger partial charge in [0.15, 0.2) is 0 Å². The van der Waals surface area contributed by atoms with Gasteiger partial charge < -0.3 is 29.6 Å². The summed E-state index contributed by atoms with van der Waals surface area (Å²) in [6.07, 6.45) is -0.503. The molecule has 41 heavy (non-hydrogen) atoms. The van der Waals surface area contributed by atoms with E-state index in [-0.39, 0.29) is 19.6 Å². The van der Waals surface area contributed by atoms with E-state index in [1.54, 1.807) is 20.8 Å². The van der Waals surface area contributed by atoms with E-state index in [1.807, 2.05) is 84.9 Å². The first-order valence-electron chi connectivity index (χ1n) is 13.4. The zero-order valence-electron chi connectivity index (χ0n) is 23.9. The first-order chi connectivity index (χ1) is 19.6. The number of hydrogen-bond donors (Lipinski definition) is 2. The van der Waals surface area contributed by atoms with Crippen LogP contribution >= 0.6 is 0 Å². The maximum absolute atomic E-state index is 13.2. The lowest BCUT2D eigenvalue weighted by molar-refractivity contribution is -0.148. The molecule has 218 valence electrons. The van der Waals surface area contributed by atoms with Gasteiger partial charge in [-0.2, -0.15) is 0 Å². The topological polar surface area (TPSA) is 112 Å². The van der Waals surface area contributed by atoms with Crippen molar-refractivity contribution in [2.24, 2.45) is 0 Å². The second-order valence-corrected chi connectivity index (χ2v) is 10.4. The number of esters is 2. The third kappa shape index (κ3) is 11.3. The lowest BCUT2D eigenvalue weighted by Crippen LogP contribution is -2.52. The first-order valence-corrected chi connectivity index (χ1v) is 13.4. The summed E-state index contributed by atoms with van der Waals surface area (Å²) in [6, 6.07) is 24.7. The maximum atomic E-state index is 13.2. The van der Waals surface area contributed by atoms with Crippen molar-refractivity contribution in [1.29, 1.82) is 0 Å². The highest BCUT2D eigenvalue weighted by molar-refractivity contribution is 5.82. The van der Waals surface area contributed by atoms with Crippen molar-refractivity contribution in [2.45, 2.75) is 58.1 Å². The fraction of sp³-hybridized carbons (Fsp3) is 0.344. The Hall–Kier alpha value is -4.37. The highest BCUT2D eigenvalue weighted by Gasteiger charge is 2.28. The molecule has 3 rings (SSSR count). The number of hydrogen-bond acceptors (Lipinski definition) is 8. The summed E-state index contributed by atoms with van der Waals surface area (Å²) >= 11 is 0. The molecule has 0 bridgehead atoms. The van der Waals surface area contributed by atoms with Crippen LogP contribution in [0.5, 0.6) is 5.75 Å². The summed E-state index contributed by atoms with van der Waals surface area (Å²) < 4.78 is 21.6. The number of carbonyl (C=O) groups is 3. The Kier molecular flexibility index (Phi) is 11.7. The molecule has 0 radical (unpaired) electrons. The second kappa shape index (κ2) is 15.4. The van der Waals surface area contributed by atoms with Gasteiger partial charge in [0.2, 0.25) is 0 Å². The van der Waals surface area contributed by atoms with Gasteiger partial charge >= 0.3 is 18.0 Å². The summed E-state index contributed by atoms with van der Waals surface area (Å²) in [4.78, 5) is 37.9. The minimum Gasteiger partial charge on any atom is -0.489 e. The summed E-state index contributed by atoms with van der Waals surface area (Å²) in [5, 5.41) is 5.58. The lowest BCUT2D eigenvalue weighted by atomic mass is 10.1. The van der Waals surface area contributed by atoms with E-state index in [1.165, 1.54) is 7.11 Å². The Balaban J connectivity index is 1.68. The van der Waals surface area contributed by atoms with Crippen molar-refractivity contribution in [2.75, 3.05) is 13.7 Å². The molecular formula is C32H38N2O7. The molecule has 0 saturated carbocycles. The molecule has 0 unspecified atom stereocenters. The largest absolute Gasteiger partial charge is 0.489 e. The van der Waals surface area contributed by atoms with Crippen molar-refractivity contribution in [3.8, 4) is 5.75 Å². The zero-order chi connectivity index (χ0) is 29.7. The van der Waals surface area contributed by atoms with Crippen LogP contribution in [0.1, 0.15) is 37.5 Å². The molecule has 0 aliphatic rings. The average Bonchev–Trinajstić information content (AvgIpc) is 2.96. The summed E-state index contributed by atoms with van der Waals surface area (Å²) in [5.74, 6) is -0.486. The van der Waals surface area contributed by atoms with Gasteiger partial charge in [0.25, 0.3) is 0 Å². The molecule has 0 aliphatic carbocycles. The molecule has 2 atom stereocenters. The van der Waals surface area contributed by atoms with Crippen molar-refractivity contribution < 1.29 is 33.3 Å². The molecule has 3 aromatic rings. The molecular weight excluding hydrogens is 524 g/mol. The van der Waals surface area contributed by atoms with E-state index in [2.05, 4.69) is 10.6 Å². The second-order valence-electron chi connectivity index (χ2n) is 10.4. The normalized spacial score (nSPS) is 12.5. The number of rotatable bonds is 13. The highest BCUT2D eigenvalue weighted by atomic mass is 16.6. The summed E-state index contributed by atoms with van der Waals surface area (Å²) in [5.41, 5.74) is 2.00. The Morgan fingerprint density at radius 3 is 1.88 bits per heavy atom. The minimum absolute atomic E-state index is 0.0880. The van der Waals surface area contributed by atoms with Crippen LogP contribution in [-0.2, 0) is 43.4 Å². The molecule has 9 nitrogen and oxygen atoms in total. The number of ether oxygens (including phenoxy) is 4. The van der Waals surface area contributed by atoms with E-state index < -0.39 is 35.7 Å². The van der Waals surface area contributed by atoms with Gasteiger partial charge in [-0.3, -0.25) is 4.79 Å². The van der Waals surface area contributed by atoms with Crippen LogP contribution in [0.25, 0.3) is 0 Å². The van der Waals surface area contributed by atoms with E-state index >= 15 is 0 Å². The van der Waals surface area contributed by atoms with Gasteiger partial charge in [-0.1, -0.05) is 72.8 Å². The van der Waals surface area contributed by atoms with Crippen LogP contribution in [0.2, 0.25) is 0 Å². The number of nitrogens with one attached hydrogen (secondary N) is 2. The van der Waals surface area contributed by atoms with E-state index in [4.69, 9.17) is 18.9 Å². The Morgan fingerprint density at radius 2 is 1.32 bits per heavy atom. The first kappa shape index (κ1) is 31.2. The number of methoxy groups -OCH3 is 1. The Labute approximate surface area is 241 Å². The van der Waals surface area contributed by atoms with Crippen molar-refractivity contribution in [1.82, 2.24) is 10.6 Å². The van der Waals surface area contributed by atoms with Crippen LogP contribution in [0, 0.1) is 0 Å². The standard InChI is InChI=1S/C32H38N2O7/c1-32(2,3)41-31(37)34-28(29(35)38-4)20-33-27(30(36)40-22-25-13-9-6-10-14-25)19-23-15-17-26(18-16-23)39-21-24-11-7-5-8-12-24/h5-18,27-28,33H,19-22H2,1-4H3,(H,34,37)/t27-,28-/m0/s1. The van der Waals surface area contributed by atoms with Gasteiger partial charge in [0.1, 0.15) is 36.6 Å². The minimum atomic E-state index is -1.09. The fourth-order valence-electron chi connectivity index (χ4n) is 3.81. The van der Waals surface area contributed by atoms with Crippen LogP contribution in [0.3, 0.4) is 0 Å².